The molecule has 0 spiro atoms. The van der Waals surface area contributed by atoms with Crippen molar-refractivity contribution in [2.75, 3.05) is 20.1 Å². The van der Waals surface area contributed by atoms with Gasteiger partial charge in [0, 0.05) is 36.8 Å². The van der Waals surface area contributed by atoms with E-state index in [-0.39, 0.29) is 0 Å². The quantitative estimate of drug-likeness (QED) is 0.820. The van der Waals surface area contributed by atoms with Crippen molar-refractivity contribution >= 4 is 0 Å². The first-order chi connectivity index (χ1) is 9.36. The number of hydrogen-bond acceptors (Lipinski definition) is 3. The van der Waals surface area contributed by atoms with Crippen molar-refractivity contribution in [2.45, 2.75) is 81.6 Å². The van der Waals surface area contributed by atoms with E-state index in [1.807, 2.05) is 0 Å². The highest BCUT2D eigenvalue weighted by atomic mass is 15.3. The van der Waals surface area contributed by atoms with Crippen LogP contribution in [-0.2, 0) is 0 Å². The summed E-state index contributed by atoms with van der Waals surface area (Å²) in [6.07, 6.45) is 11.5. The highest BCUT2D eigenvalue weighted by Crippen LogP contribution is 2.41. The van der Waals surface area contributed by atoms with Gasteiger partial charge in [-0.25, -0.2) is 0 Å². The molecule has 0 aromatic heterocycles. The zero-order valence-electron chi connectivity index (χ0n) is 12.4. The Morgan fingerprint density at radius 3 is 2.37 bits per heavy atom. The van der Waals surface area contributed by atoms with Crippen molar-refractivity contribution in [3.63, 3.8) is 0 Å². The first kappa shape index (κ1) is 12.6. The fourth-order valence-corrected chi connectivity index (χ4v) is 5.60. The van der Waals surface area contributed by atoms with Crippen LogP contribution in [0.1, 0.15) is 51.4 Å². The van der Waals surface area contributed by atoms with Crippen LogP contribution in [-0.4, -0.2) is 60.1 Å². The minimum Gasteiger partial charge on any atom is -0.317 e. The van der Waals surface area contributed by atoms with Gasteiger partial charge >= 0.3 is 0 Å². The third-order valence-electron chi connectivity index (χ3n) is 6.39. The van der Waals surface area contributed by atoms with E-state index in [9.17, 15) is 0 Å². The van der Waals surface area contributed by atoms with Crippen LogP contribution in [0.25, 0.3) is 0 Å². The Balaban J connectivity index is 1.54. The molecule has 19 heavy (non-hydrogen) atoms. The molecule has 0 saturated carbocycles. The molecule has 4 heterocycles. The van der Waals surface area contributed by atoms with E-state index in [4.69, 9.17) is 0 Å². The molecular formula is C16H29N3. The van der Waals surface area contributed by atoms with Crippen LogP contribution in [0.4, 0.5) is 0 Å². The fraction of sp³-hybridized carbons (Fsp3) is 1.00. The van der Waals surface area contributed by atoms with E-state index < -0.39 is 0 Å². The summed E-state index contributed by atoms with van der Waals surface area (Å²) in [5.74, 6) is 0. The van der Waals surface area contributed by atoms with Gasteiger partial charge in [-0.05, 0) is 58.5 Å². The van der Waals surface area contributed by atoms with E-state index in [0.29, 0.717) is 0 Å². The van der Waals surface area contributed by atoms with Crippen LogP contribution < -0.4 is 5.32 Å². The second-order valence-electron chi connectivity index (χ2n) is 7.24. The zero-order chi connectivity index (χ0) is 12.8. The average molecular weight is 263 g/mol. The summed E-state index contributed by atoms with van der Waals surface area (Å²) in [4.78, 5) is 5.79. The summed E-state index contributed by atoms with van der Waals surface area (Å²) < 4.78 is 0. The van der Waals surface area contributed by atoms with Crippen LogP contribution in [0.3, 0.4) is 0 Å². The molecule has 4 fully saturated rings. The molecule has 3 nitrogen and oxygen atoms in total. The normalized spacial score (nSPS) is 47.5. The highest BCUT2D eigenvalue weighted by Gasteiger charge is 2.47. The van der Waals surface area contributed by atoms with E-state index in [1.54, 1.807) is 0 Å². The lowest BCUT2D eigenvalue weighted by atomic mass is 9.79. The van der Waals surface area contributed by atoms with Gasteiger partial charge in [-0.3, -0.25) is 9.80 Å². The fourth-order valence-electron chi connectivity index (χ4n) is 5.60. The predicted octanol–water partition coefficient (Wildman–Crippen LogP) is 1.83. The first-order valence-electron chi connectivity index (χ1n) is 8.55. The molecule has 0 aromatic carbocycles. The maximum absolute atomic E-state index is 3.55. The number of rotatable bonds is 2. The highest BCUT2D eigenvalue weighted by molar-refractivity contribution is 5.04. The van der Waals surface area contributed by atoms with Gasteiger partial charge < -0.3 is 5.32 Å². The molecule has 4 aliphatic heterocycles. The Morgan fingerprint density at radius 1 is 0.842 bits per heavy atom. The van der Waals surface area contributed by atoms with Crippen LogP contribution in [0.15, 0.2) is 0 Å². The number of piperidine rings is 2. The summed E-state index contributed by atoms with van der Waals surface area (Å²) in [6, 6.07) is 4.36. The molecule has 3 heteroatoms. The average Bonchev–Trinajstić information content (AvgIpc) is 2.99. The third kappa shape index (κ3) is 2.05. The Kier molecular flexibility index (Phi) is 3.33. The molecule has 0 amide bonds. The molecular weight excluding hydrogens is 234 g/mol. The summed E-state index contributed by atoms with van der Waals surface area (Å²) in [6.45, 7) is 2.75. The number of nitrogens with zero attached hydrogens (tertiary/aromatic N) is 2. The van der Waals surface area contributed by atoms with Crippen molar-refractivity contribution in [2.24, 2.45) is 0 Å². The number of fused-ring (bicyclic) bond motifs is 3. The molecule has 0 aliphatic carbocycles. The topological polar surface area (TPSA) is 18.5 Å². The van der Waals surface area contributed by atoms with Crippen LogP contribution >= 0.6 is 0 Å². The summed E-state index contributed by atoms with van der Waals surface area (Å²) in [5, 5.41) is 3.55. The lowest BCUT2D eigenvalue weighted by Gasteiger charge is -2.52. The summed E-state index contributed by atoms with van der Waals surface area (Å²) in [7, 11) is 2.16. The first-order valence-corrected chi connectivity index (χ1v) is 8.55. The lowest BCUT2D eigenvalue weighted by Crippen LogP contribution is -2.61. The maximum Gasteiger partial charge on any atom is 0.0269 e. The van der Waals surface area contributed by atoms with Crippen molar-refractivity contribution in [1.29, 1.82) is 0 Å². The van der Waals surface area contributed by atoms with E-state index in [0.717, 1.165) is 30.2 Å². The SMILES string of the molecule is CNC1CC2CCCC(C1)N2C1CCN2CCCC12. The molecule has 4 aliphatic rings. The molecule has 4 unspecified atom stereocenters. The van der Waals surface area contributed by atoms with Crippen LogP contribution in [0.2, 0.25) is 0 Å². The molecule has 4 atom stereocenters. The van der Waals surface area contributed by atoms with Gasteiger partial charge in [0.15, 0.2) is 0 Å². The van der Waals surface area contributed by atoms with Gasteiger partial charge in [0.05, 0.1) is 0 Å². The van der Waals surface area contributed by atoms with Crippen LogP contribution in [0, 0.1) is 0 Å². The summed E-state index contributed by atoms with van der Waals surface area (Å²) >= 11 is 0. The molecule has 2 bridgehead atoms. The van der Waals surface area contributed by atoms with E-state index >= 15 is 0 Å². The van der Waals surface area contributed by atoms with Gasteiger partial charge in [-0.15, -0.1) is 0 Å². The van der Waals surface area contributed by atoms with Gasteiger partial charge in [0.2, 0.25) is 0 Å². The van der Waals surface area contributed by atoms with Crippen LogP contribution in [0.5, 0.6) is 0 Å². The second-order valence-corrected chi connectivity index (χ2v) is 7.24. The van der Waals surface area contributed by atoms with E-state index in [2.05, 4.69) is 22.2 Å². The van der Waals surface area contributed by atoms with Gasteiger partial charge in [0.1, 0.15) is 0 Å². The standard InChI is InChI=1S/C16H29N3/c1-17-12-10-13-4-2-5-14(11-12)19(13)16-7-9-18-8-3-6-15(16)18/h12-17H,2-11H2,1H3. The van der Waals surface area contributed by atoms with Crippen molar-refractivity contribution in [1.82, 2.24) is 15.1 Å². The Bertz CT molecular complexity index is 318. The smallest absolute Gasteiger partial charge is 0.0269 e. The van der Waals surface area contributed by atoms with Gasteiger partial charge in [-0.2, -0.15) is 0 Å². The molecule has 4 rings (SSSR count). The summed E-state index contributed by atoms with van der Waals surface area (Å²) in [5.41, 5.74) is 0. The number of nitrogens with one attached hydrogen (secondary N) is 1. The molecule has 108 valence electrons. The molecule has 4 saturated heterocycles. The monoisotopic (exact) mass is 263 g/mol. The third-order valence-corrected chi connectivity index (χ3v) is 6.39. The minimum atomic E-state index is 0.785. The van der Waals surface area contributed by atoms with Crippen molar-refractivity contribution in [3.8, 4) is 0 Å². The van der Waals surface area contributed by atoms with Gasteiger partial charge in [0.25, 0.3) is 0 Å². The molecule has 1 N–H and O–H groups in total. The predicted molar refractivity (Wildman–Crippen MR) is 78.3 cm³/mol. The zero-order valence-corrected chi connectivity index (χ0v) is 12.4. The molecule has 0 aromatic rings. The largest absolute Gasteiger partial charge is 0.317 e. The van der Waals surface area contributed by atoms with E-state index in [1.165, 1.54) is 64.5 Å². The number of hydrogen-bond donors (Lipinski definition) is 1. The Morgan fingerprint density at radius 2 is 1.63 bits per heavy atom. The van der Waals surface area contributed by atoms with Gasteiger partial charge in [-0.1, -0.05) is 6.42 Å². The molecule has 0 radical (unpaired) electrons. The van der Waals surface area contributed by atoms with Crippen molar-refractivity contribution in [3.05, 3.63) is 0 Å². The Labute approximate surface area is 117 Å². The minimum absolute atomic E-state index is 0.785. The lowest BCUT2D eigenvalue weighted by molar-refractivity contribution is -0.0176. The second kappa shape index (κ2) is 5.01. The van der Waals surface area contributed by atoms with Crippen molar-refractivity contribution < 1.29 is 0 Å². The maximum atomic E-state index is 3.55. The Hall–Kier alpha value is -0.120.